The molecule has 28 heavy (non-hydrogen) atoms. The Balaban J connectivity index is 2.00. The Labute approximate surface area is 164 Å². The topological polar surface area (TPSA) is 74.6 Å². The van der Waals surface area contributed by atoms with E-state index in [0.29, 0.717) is 0 Å². The Morgan fingerprint density at radius 3 is 2.00 bits per heavy atom. The summed E-state index contributed by atoms with van der Waals surface area (Å²) < 4.78 is 0. The quantitative estimate of drug-likeness (QED) is 0.800. The van der Waals surface area contributed by atoms with Crippen LogP contribution >= 0.6 is 0 Å². The van der Waals surface area contributed by atoms with E-state index in [2.05, 4.69) is 0 Å². The second-order valence-electron chi connectivity index (χ2n) is 7.58. The van der Waals surface area contributed by atoms with Gasteiger partial charge in [0.1, 0.15) is 5.60 Å². The van der Waals surface area contributed by atoms with E-state index in [4.69, 9.17) is 0 Å². The van der Waals surface area contributed by atoms with Gasteiger partial charge in [-0.3, -0.25) is 9.59 Å². The average Bonchev–Trinajstić information content (AvgIpc) is 2.64. The van der Waals surface area contributed by atoms with Crippen molar-refractivity contribution in [3.8, 4) is 0 Å². The van der Waals surface area contributed by atoms with Gasteiger partial charge in [0.25, 0.3) is 0 Å². The van der Waals surface area contributed by atoms with Crippen LogP contribution in [0.1, 0.15) is 37.8 Å². The van der Waals surface area contributed by atoms with E-state index in [1.54, 1.807) is 12.2 Å². The van der Waals surface area contributed by atoms with E-state index in [0.717, 1.165) is 11.1 Å². The summed E-state index contributed by atoms with van der Waals surface area (Å²) >= 11 is 0. The molecule has 2 aromatic carbocycles. The monoisotopic (exact) mass is 376 g/mol. The molecule has 3 rings (SSSR count). The highest BCUT2D eigenvalue weighted by molar-refractivity contribution is 6.06. The Bertz CT molecular complexity index is 939. The fourth-order valence-corrected chi connectivity index (χ4v) is 3.81. The van der Waals surface area contributed by atoms with Gasteiger partial charge >= 0.3 is 0 Å². The smallest absolute Gasteiger partial charge is 0.164 e. The summed E-state index contributed by atoms with van der Waals surface area (Å²) in [6, 6.07) is 18.4. The van der Waals surface area contributed by atoms with Gasteiger partial charge in [-0.05, 0) is 37.1 Å². The van der Waals surface area contributed by atoms with Crippen molar-refractivity contribution >= 4 is 23.7 Å². The molecular weight excluding hydrogens is 352 g/mol. The number of carbonyl (C=O) groups excluding carboxylic acids is 2. The second-order valence-corrected chi connectivity index (χ2v) is 7.58. The normalized spacial score (nSPS) is 27.1. The summed E-state index contributed by atoms with van der Waals surface area (Å²) in [5, 5.41) is 22.3. The Morgan fingerprint density at radius 1 is 0.964 bits per heavy atom. The lowest BCUT2D eigenvalue weighted by molar-refractivity contribution is -0.130. The zero-order valence-corrected chi connectivity index (χ0v) is 16.1. The third-order valence-electron chi connectivity index (χ3n) is 5.07. The number of benzene rings is 2. The number of Topliss-reactive ketones (excluding diaryl/α,β-unsaturated/α-hetero) is 2. The first-order chi connectivity index (χ1) is 13.2. The van der Waals surface area contributed by atoms with Crippen LogP contribution in [0.2, 0.25) is 0 Å². The van der Waals surface area contributed by atoms with E-state index in [1.165, 1.54) is 13.8 Å². The van der Waals surface area contributed by atoms with Crippen LogP contribution in [-0.2, 0) is 9.59 Å². The molecule has 1 saturated carbocycles. The van der Waals surface area contributed by atoms with Crippen LogP contribution in [0.4, 0.5) is 0 Å². The van der Waals surface area contributed by atoms with E-state index >= 15 is 0 Å². The van der Waals surface area contributed by atoms with Crippen molar-refractivity contribution in [3.63, 3.8) is 0 Å². The van der Waals surface area contributed by atoms with Crippen molar-refractivity contribution in [3.05, 3.63) is 82.9 Å². The molecular formula is C24H24O4. The van der Waals surface area contributed by atoms with Gasteiger partial charge in [0.15, 0.2) is 11.6 Å². The minimum atomic E-state index is -1.73. The third kappa shape index (κ3) is 4.19. The Hall–Kier alpha value is -2.82. The molecule has 2 aromatic rings. The fourth-order valence-electron chi connectivity index (χ4n) is 3.81. The highest BCUT2D eigenvalue weighted by Gasteiger charge is 2.50. The molecule has 2 N–H and O–H groups in total. The van der Waals surface area contributed by atoms with Crippen LogP contribution in [0, 0.1) is 0 Å². The molecule has 1 fully saturated rings. The summed E-state index contributed by atoms with van der Waals surface area (Å²) in [7, 11) is 0. The van der Waals surface area contributed by atoms with E-state index in [-0.39, 0.29) is 35.6 Å². The minimum Gasteiger partial charge on any atom is -0.385 e. The summed E-state index contributed by atoms with van der Waals surface area (Å²) in [5.41, 5.74) is -1.37. The highest BCUT2D eigenvalue weighted by Crippen LogP contribution is 2.42. The van der Waals surface area contributed by atoms with Gasteiger partial charge in [-0.15, -0.1) is 0 Å². The van der Waals surface area contributed by atoms with Crippen LogP contribution in [0.15, 0.2) is 71.8 Å². The SMILES string of the molecule is CC(=O)/C(=C\c1ccccc1)[C@@]1(O)CC(=O)/C(=C\c2ccccc2)[C@](C)(O)C1. The lowest BCUT2D eigenvalue weighted by Gasteiger charge is -2.42. The van der Waals surface area contributed by atoms with Crippen molar-refractivity contribution in [1.82, 2.24) is 0 Å². The first-order valence-corrected chi connectivity index (χ1v) is 9.25. The first kappa shape index (κ1) is 19.9. The Kier molecular flexibility index (Phi) is 5.45. The van der Waals surface area contributed by atoms with Gasteiger partial charge in [-0.25, -0.2) is 0 Å². The largest absolute Gasteiger partial charge is 0.385 e. The lowest BCUT2D eigenvalue weighted by atomic mass is 9.68. The summed E-state index contributed by atoms with van der Waals surface area (Å²) in [5.74, 6) is -0.701. The molecule has 0 saturated heterocycles. The first-order valence-electron chi connectivity index (χ1n) is 9.25. The van der Waals surface area contributed by atoms with Gasteiger partial charge in [0, 0.05) is 24.0 Å². The minimum absolute atomic E-state index is 0.131. The van der Waals surface area contributed by atoms with Crippen LogP contribution in [0.25, 0.3) is 12.2 Å². The molecule has 0 amide bonds. The van der Waals surface area contributed by atoms with E-state index in [9.17, 15) is 19.8 Å². The second kappa shape index (κ2) is 7.66. The molecule has 2 atom stereocenters. The van der Waals surface area contributed by atoms with Gasteiger partial charge in [-0.1, -0.05) is 60.7 Å². The van der Waals surface area contributed by atoms with Crippen molar-refractivity contribution in [2.45, 2.75) is 37.9 Å². The molecule has 4 nitrogen and oxygen atoms in total. The zero-order valence-electron chi connectivity index (χ0n) is 16.1. The number of rotatable bonds is 4. The number of carbonyl (C=O) groups is 2. The molecule has 1 aliphatic carbocycles. The van der Waals surface area contributed by atoms with Crippen molar-refractivity contribution in [2.24, 2.45) is 0 Å². The van der Waals surface area contributed by atoms with Crippen LogP contribution in [-0.4, -0.2) is 33.0 Å². The van der Waals surface area contributed by atoms with Gasteiger partial charge in [0.05, 0.1) is 5.60 Å². The molecule has 144 valence electrons. The standard InChI is InChI=1S/C24H24O4/c1-17(25)20(13-18-9-5-3-6-10-18)24(28)15-22(26)21(23(2,27)16-24)14-19-11-7-4-8-12-19/h3-14,27-28H,15-16H2,1-2H3/b20-13+,21-14+/t23-,24-/m1/s1. The Morgan fingerprint density at radius 2 is 1.50 bits per heavy atom. The zero-order chi connectivity index (χ0) is 20.4. The molecule has 0 aliphatic heterocycles. The molecule has 0 aromatic heterocycles. The van der Waals surface area contributed by atoms with Crippen molar-refractivity contribution in [2.75, 3.05) is 0 Å². The summed E-state index contributed by atoms with van der Waals surface area (Å²) in [4.78, 5) is 25.2. The molecule has 0 heterocycles. The van der Waals surface area contributed by atoms with Gasteiger partial charge < -0.3 is 10.2 Å². The van der Waals surface area contributed by atoms with Crippen molar-refractivity contribution in [1.29, 1.82) is 0 Å². The number of hydrogen-bond acceptors (Lipinski definition) is 4. The number of ketones is 2. The predicted octanol–water partition coefficient (Wildman–Crippen LogP) is 3.59. The van der Waals surface area contributed by atoms with Crippen molar-refractivity contribution < 1.29 is 19.8 Å². The predicted molar refractivity (Wildman–Crippen MR) is 109 cm³/mol. The molecule has 0 radical (unpaired) electrons. The molecule has 0 unspecified atom stereocenters. The van der Waals surface area contributed by atoms with E-state index < -0.39 is 11.2 Å². The highest BCUT2D eigenvalue weighted by atomic mass is 16.3. The molecule has 0 spiro atoms. The maximum Gasteiger partial charge on any atom is 0.164 e. The average molecular weight is 376 g/mol. The third-order valence-corrected chi connectivity index (χ3v) is 5.07. The van der Waals surface area contributed by atoms with E-state index in [1.807, 2.05) is 60.7 Å². The molecule has 1 aliphatic rings. The molecule has 4 heteroatoms. The lowest BCUT2D eigenvalue weighted by Crippen LogP contribution is -2.51. The maximum atomic E-state index is 12.9. The van der Waals surface area contributed by atoms with Crippen LogP contribution < -0.4 is 0 Å². The van der Waals surface area contributed by atoms with Gasteiger partial charge in [-0.2, -0.15) is 0 Å². The summed E-state index contributed by atoms with van der Waals surface area (Å²) in [6.07, 6.45) is 2.86. The van der Waals surface area contributed by atoms with Gasteiger partial charge in [0.2, 0.25) is 0 Å². The molecule has 0 bridgehead atoms. The number of aliphatic hydroxyl groups is 2. The summed E-state index contributed by atoms with van der Waals surface area (Å²) in [6.45, 7) is 2.87. The fraction of sp³-hybridized carbons (Fsp3) is 0.250. The number of hydrogen-bond donors (Lipinski definition) is 2. The van der Waals surface area contributed by atoms with Crippen LogP contribution in [0.5, 0.6) is 0 Å². The van der Waals surface area contributed by atoms with Crippen LogP contribution in [0.3, 0.4) is 0 Å². The maximum absolute atomic E-state index is 12.9.